The summed E-state index contributed by atoms with van der Waals surface area (Å²) in [6.45, 7) is 4.56. The molecule has 0 aromatic heterocycles. The second-order valence-electron chi connectivity index (χ2n) is 5.47. The average Bonchev–Trinajstić information content (AvgIpc) is 2.44. The van der Waals surface area contributed by atoms with Crippen LogP contribution in [0.3, 0.4) is 0 Å². The lowest BCUT2D eigenvalue weighted by atomic mass is 9.85. The van der Waals surface area contributed by atoms with Gasteiger partial charge in [-0.05, 0) is 42.6 Å². The highest BCUT2D eigenvalue weighted by atomic mass is 16.6. The molecule has 1 fully saturated rings. The molecule has 0 radical (unpaired) electrons. The molecule has 1 N–H and O–H groups in total. The summed E-state index contributed by atoms with van der Waals surface area (Å²) in [5.74, 6) is 0.936. The van der Waals surface area contributed by atoms with Crippen LogP contribution in [0, 0.1) is 0 Å². The summed E-state index contributed by atoms with van der Waals surface area (Å²) in [7, 11) is 1.72. The molecule has 1 saturated heterocycles. The highest BCUT2D eigenvalue weighted by Gasteiger charge is 2.33. The number of aryl methyl sites for hydroxylation is 1. The summed E-state index contributed by atoms with van der Waals surface area (Å²) >= 11 is 0. The van der Waals surface area contributed by atoms with Gasteiger partial charge >= 0.3 is 0 Å². The van der Waals surface area contributed by atoms with E-state index in [9.17, 15) is 0 Å². The van der Waals surface area contributed by atoms with Crippen LogP contribution in [0.25, 0.3) is 0 Å². The lowest BCUT2D eigenvalue weighted by molar-refractivity contribution is -0.163. The fourth-order valence-electron chi connectivity index (χ4n) is 3.04. The van der Waals surface area contributed by atoms with Gasteiger partial charge in [0.2, 0.25) is 0 Å². The molecule has 4 heteroatoms. The van der Waals surface area contributed by atoms with E-state index in [1.54, 1.807) is 7.11 Å². The smallest absolute Gasteiger partial charge is 0.119 e. The van der Waals surface area contributed by atoms with Gasteiger partial charge in [0.1, 0.15) is 11.9 Å². The number of rotatable bonds is 5. The van der Waals surface area contributed by atoms with Gasteiger partial charge in [-0.2, -0.15) is 0 Å². The molecule has 4 nitrogen and oxygen atoms in total. The van der Waals surface area contributed by atoms with Gasteiger partial charge < -0.3 is 19.5 Å². The molecule has 3 rings (SSSR count). The monoisotopic (exact) mass is 277 g/mol. The van der Waals surface area contributed by atoms with Gasteiger partial charge in [-0.3, -0.25) is 0 Å². The predicted octanol–water partition coefficient (Wildman–Crippen LogP) is 2.08. The number of nitrogens with one attached hydrogen (secondary N) is 1. The predicted molar refractivity (Wildman–Crippen MR) is 77.2 cm³/mol. The average molecular weight is 277 g/mol. The van der Waals surface area contributed by atoms with Crippen LogP contribution >= 0.6 is 0 Å². The number of hydrogen-bond acceptors (Lipinski definition) is 4. The molecule has 0 bridgehead atoms. The Morgan fingerprint density at radius 2 is 2.20 bits per heavy atom. The molecule has 0 amide bonds. The summed E-state index contributed by atoms with van der Waals surface area (Å²) in [4.78, 5) is 0. The van der Waals surface area contributed by atoms with Gasteiger partial charge in [-0.1, -0.05) is 13.0 Å². The van der Waals surface area contributed by atoms with E-state index < -0.39 is 0 Å². The van der Waals surface area contributed by atoms with Gasteiger partial charge in [0.05, 0.1) is 32.5 Å². The van der Waals surface area contributed by atoms with E-state index in [-0.39, 0.29) is 18.2 Å². The Morgan fingerprint density at radius 3 is 2.85 bits per heavy atom. The maximum absolute atomic E-state index is 6.19. The minimum absolute atomic E-state index is 0.241. The third-order valence-corrected chi connectivity index (χ3v) is 4.15. The van der Waals surface area contributed by atoms with Crippen LogP contribution in [0.4, 0.5) is 0 Å². The molecule has 1 aromatic rings. The highest BCUT2D eigenvalue weighted by molar-refractivity contribution is 5.40. The van der Waals surface area contributed by atoms with E-state index >= 15 is 0 Å². The maximum atomic E-state index is 6.19. The van der Waals surface area contributed by atoms with Crippen molar-refractivity contribution in [3.63, 3.8) is 0 Å². The number of fused-ring (bicyclic) bond motifs is 1. The van der Waals surface area contributed by atoms with Crippen LogP contribution in [0.5, 0.6) is 5.75 Å². The molecule has 1 aliphatic heterocycles. The molecule has 2 unspecified atom stereocenters. The van der Waals surface area contributed by atoms with Crippen LogP contribution < -0.4 is 10.1 Å². The normalized spacial score (nSPS) is 25.9. The molecular formula is C16H23NO3. The number of likely N-dealkylation sites (N-methyl/N-ethyl adjacent to an activating group) is 1. The zero-order chi connectivity index (χ0) is 13.9. The summed E-state index contributed by atoms with van der Waals surface area (Å²) in [6, 6.07) is 6.64. The Morgan fingerprint density at radius 1 is 1.35 bits per heavy atom. The molecule has 1 aliphatic carbocycles. The quantitative estimate of drug-likeness (QED) is 0.894. The number of benzene rings is 1. The van der Waals surface area contributed by atoms with Crippen LogP contribution in [0.1, 0.15) is 30.5 Å². The van der Waals surface area contributed by atoms with Crippen molar-refractivity contribution in [3.8, 4) is 5.75 Å². The minimum Gasteiger partial charge on any atom is -0.497 e. The third-order valence-electron chi connectivity index (χ3n) is 4.15. The molecule has 110 valence electrons. The summed E-state index contributed by atoms with van der Waals surface area (Å²) in [5, 5.41) is 3.58. The second-order valence-corrected chi connectivity index (χ2v) is 5.47. The molecule has 0 spiro atoms. The standard InChI is InChI=1S/C16H23NO3/c1-3-17-16-14-6-5-12(18-2)8-11(14)4-7-15(16)20-13-9-19-10-13/h5-6,8,13,15-17H,3-4,7,9-10H2,1-2H3. The summed E-state index contributed by atoms with van der Waals surface area (Å²) < 4.78 is 16.7. The maximum Gasteiger partial charge on any atom is 0.119 e. The fourth-order valence-corrected chi connectivity index (χ4v) is 3.04. The molecule has 1 aromatic carbocycles. The number of hydrogen-bond donors (Lipinski definition) is 1. The molecule has 20 heavy (non-hydrogen) atoms. The van der Waals surface area contributed by atoms with Crippen LogP contribution in [-0.4, -0.2) is 39.1 Å². The number of ether oxygens (including phenoxy) is 3. The third kappa shape index (κ3) is 2.68. The van der Waals surface area contributed by atoms with E-state index in [0.717, 1.165) is 38.3 Å². The second kappa shape index (κ2) is 6.12. The first-order valence-corrected chi connectivity index (χ1v) is 7.45. The lowest BCUT2D eigenvalue weighted by Gasteiger charge is -2.38. The topological polar surface area (TPSA) is 39.7 Å². The van der Waals surface area contributed by atoms with E-state index in [1.165, 1.54) is 11.1 Å². The van der Waals surface area contributed by atoms with Crippen LogP contribution in [-0.2, 0) is 15.9 Å². The van der Waals surface area contributed by atoms with Crippen molar-refractivity contribution in [2.24, 2.45) is 0 Å². The lowest BCUT2D eigenvalue weighted by Crippen LogP contribution is -2.45. The SMILES string of the molecule is CCNC1c2ccc(OC)cc2CCC1OC1COC1. The summed E-state index contributed by atoms with van der Waals surface area (Å²) in [5.41, 5.74) is 2.73. The van der Waals surface area contributed by atoms with Crippen molar-refractivity contribution in [1.29, 1.82) is 0 Å². The Balaban J connectivity index is 1.80. The van der Waals surface area contributed by atoms with E-state index in [1.807, 2.05) is 6.07 Å². The summed E-state index contributed by atoms with van der Waals surface area (Å²) in [6.07, 6.45) is 2.62. The first-order chi connectivity index (χ1) is 9.81. The Bertz CT molecular complexity index is 459. The van der Waals surface area contributed by atoms with Crippen LogP contribution in [0.15, 0.2) is 18.2 Å². The van der Waals surface area contributed by atoms with Gasteiger partial charge in [0.25, 0.3) is 0 Å². The minimum atomic E-state index is 0.241. The highest BCUT2D eigenvalue weighted by Crippen LogP contribution is 2.35. The van der Waals surface area contributed by atoms with Crippen molar-refractivity contribution < 1.29 is 14.2 Å². The van der Waals surface area contributed by atoms with Crippen molar-refractivity contribution in [2.45, 2.75) is 38.0 Å². The first-order valence-electron chi connectivity index (χ1n) is 7.45. The van der Waals surface area contributed by atoms with Gasteiger partial charge in [0, 0.05) is 0 Å². The van der Waals surface area contributed by atoms with Gasteiger partial charge in [0.15, 0.2) is 0 Å². The molecule has 1 heterocycles. The Labute approximate surface area is 120 Å². The van der Waals surface area contributed by atoms with Gasteiger partial charge in [-0.15, -0.1) is 0 Å². The van der Waals surface area contributed by atoms with Crippen molar-refractivity contribution in [2.75, 3.05) is 26.9 Å². The van der Waals surface area contributed by atoms with Crippen LogP contribution in [0.2, 0.25) is 0 Å². The van der Waals surface area contributed by atoms with Crippen molar-refractivity contribution in [1.82, 2.24) is 5.32 Å². The number of methoxy groups -OCH3 is 1. The van der Waals surface area contributed by atoms with E-state index in [0.29, 0.717) is 0 Å². The zero-order valence-electron chi connectivity index (χ0n) is 12.2. The fraction of sp³-hybridized carbons (Fsp3) is 0.625. The van der Waals surface area contributed by atoms with E-state index in [4.69, 9.17) is 14.2 Å². The Hall–Kier alpha value is -1.10. The van der Waals surface area contributed by atoms with Crippen molar-refractivity contribution in [3.05, 3.63) is 29.3 Å². The van der Waals surface area contributed by atoms with Gasteiger partial charge in [-0.25, -0.2) is 0 Å². The molecule has 2 atom stereocenters. The first kappa shape index (κ1) is 13.9. The zero-order valence-corrected chi connectivity index (χ0v) is 12.2. The molecular weight excluding hydrogens is 254 g/mol. The largest absolute Gasteiger partial charge is 0.497 e. The van der Waals surface area contributed by atoms with Crippen molar-refractivity contribution >= 4 is 0 Å². The molecule has 0 saturated carbocycles. The van der Waals surface area contributed by atoms with E-state index in [2.05, 4.69) is 24.4 Å². The Kier molecular flexibility index (Phi) is 4.24. The molecule has 2 aliphatic rings.